The number of aromatic nitrogens is 2. The number of imidazole rings is 1. The summed E-state index contributed by atoms with van der Waals surface area (Å²) in [7, 11) is 2.06. The van der Waals surface area contributed by atoms with Gasteiger partial charge in [-0.05, 0) is 47.9 Å². The molecule has 0 N–H and O–H groups in total. The van der Waals surface area contributed by atoms with Crippen LogP contribution in [-0.2, 0) is 13.6 Å². The Morgan fingerprint density at radius 1 is 0.875 bits per heavy atom. The molecule has 4 nitrogen and oxygen atoms in total. The van der Waals surface area contributed by atoms with Crippen molar-refractivity contribution in [2.45, 2.75) is 19.5 Å². The molecule has 1 unspecified atom stereocenters. The highest BCUT2D eigenvalue weighted by Crippen LogP contribution is 2.30. The molecule has 164 valence electrons. The number of benzene rings is 3. The quantitative estimate of drug-likeness (QED) is 0.451. The Balaban J connectivity index is 1.30. The average Bonchev–Trinajstić information content (AvgIpc) is 3.10. The van der Waals surface area contributed by atoms with Gasteiger partial charge in [0, 0.05) is 39.8 Å². The van der Waals surface area contributed by atoms with Gasteiger partial charge in [0.25, 0.3) is 0 Å². The predicted octanol–water partition coefficient (Wildman–Crippen LogP) is 4.93. The van der Waals surface area contributed by atoms with Crippen molar-refractivity contribution in [3.8, 4) is 0 Å². The Morgan fingerprint density at radius 3 is 2.28 bits per heavy atom. The molecule has 0 spiro atoms. The van der Waals surface area contributed by atoms with Gasteiger partial charge in [0.1, 0.15) is 11.6 Å². The lowest BCUT2D eigenvalue weighted by molar-refractivity contribution is 0.105. The molecule has 4 aromatic rings. The van der Waals surface area contributed by atoms with Gasteiger partial charge in [0.2, 0.25) is 0 Å². The van der Waals surface area contributed by atoms with Crippen LogP contribution in [0.4, 0.5) is 4.39 Å². The zero-order chi connectivity index (χ0) is 22.1. The summed E-state index contributed by atoms with van der Waals surface area (Å²) in [6.07, 6.45) is 0. The van der Waals surface area contributed by atoms with Gasteiger partial charge in [0.15, 0.2) is 0 Å². The Morgan fingerprint density at radius 2 is 1.56 bits per heavy atom. The van der Waals surface area contributed by atoms with Crippen molar-refractivity contribution in [3.05, 3.63) is 101 Å². The van der Waals surface area contributed by atoms with Crippen molar-refractivity contribution in [2.75, 3.05) is 26.2 Å². The Labute approximate surface area is 188 Å². The summed E-state index contributed by atoms with van der Waals surface area (Å²) in [6, 6.07) is 24.3. The summed E-state index contributed by atoms with van der Waals surface area (Å²) in [5.41, 5.74) is 5.95. The summed E-state index contributed by atoms with van der Waals surface area (Å²) < 4.78 is 15.7. The van der Waals surface area contributed by atoms with Crippen molar-refractivity contribution in [3.63, 3.8) is 0 Å². The number of nitrogens with zero attached hydrogens (tertiary/aromatic N) is 4. The highest BCUT2D eigenvalue weighted by molar-refractivity contribution is 5.76. The second kappa shape index (κ2) is 8.85. The lowest BCUT2D eigenvalue weighted by Crippen LogP contribution is -2.47. The summed E-state index contributed by atoms with van der Waals surface area (Å²) in [4.78, 5) is 9.72. The van der Waals surface area contributed by atoms with Crippen molar-refractivity contribution < 1.29 is 4.39 Å². The molecule has 1 aliphatic heterocycles. The van der Waals surface area contributed by atoms with Gasteiger partial charge in [-0.2, -0.15) is 0 Å². The first-order valence-corrected chi connectivity index (χ1v) is 11.3. The average molecular weight is 429 g/mol. The maximum atomic E-state index is 13.5. The van der Waals surface area contributed by atoms with E-state index in [-0.39, 0.29) is 11.9 Å². The number of hydrogen-bond acceptors (Lipinski definition) is 3. The Hall–Kier alpha value is -3.02. The molecule has 32 heavy (non-hydrogen) atoms. The molecule has 0 bridgehead atoms. The van der Waals surface area contributed by atoms with Crippen LogP contribution in [0.15, 0.2) is 72.8 Å². The van der Waals surface area contributed by atoms with Crippen LogP contribution in [-0.4, -0.2) is 45.5 Å². The van der Waals surface area contributed by atoms with Crippen molar-refractivity contribution in [2.24, 2.45) is 7.05 Å². The molecule has 1 saturated heterocycles. The standard InChI is InChI=1S/C27H29FN4/c1-20-29-25-18-21(8-13-26(25)30(20)2)19-31-14-16-32(17-15-31)27(22-6-4-3-5-7-22)23-9-11-24(28)12-10-23/h3-13,18,27H,14-17,19H2,1-2H3. The summed E-state index contributed by atoms with van der Waals surface area (Å²) in [6.45, 7) is 6.94. The molecule has 0 radical (unpaired) electrons. The second-order valence-electron chi connectivity index (χ2n) is 8.72. The second-order valence-corrected chi connectivity index (χ2v) is 8.72. The maximum Gasteiger partial charge on any atom is 0.123 e. The summed E-state index contributed by atoms with van der Waals surface area (Å²) in [5, 5.41) is 0. The third-order valence-corrected chi connectivity index (χ3v) is 6.65. The van der Waals surface area contributed by atoms with Gasteiger partial charge < -0.3 is 4.57 Å². The highest BCUT2D eigenvalue weighted by atomic mass is 19.1. The normalized spacial score (nSPS) is 16.5. The number of hydrogen-bond donors (Lipinski definition) is 0. The molecule has 0 amide bonds. The monoisotopic (exact) mass is 428 g/mol. The first-order chi connectivity index (χ1) is 15.6. The molecular weight excluding hydrogens is 399 g/mol. The molecule has 2 heterocycles. The Bertz CT molecular complexity index is 1190. The number of piperazine rings is 1. The lowest BCUT2D eigenvalue weighted by atomic mass is 9.96. The lowest BCUT2D eigenvalue weighted by Gasteiger charge is -2.39. The number of aryl methyl sites for hydroxylation is 2. The molecule has 0 saturated carbocycles. The van der Waals surface area contributed by atoms with Gasteiger partial charge >= 0.3 is 0 Å². The van der Waals surface area contributed by atoms with Crippen molar-refractivity contribution >= 4 is 11.0 Å². The van der Waals surface area contributed by atoms with Crippen LogP contribution in [0.3, 0.4) is 0 Å². The van der Waals surface area contributed by atoms with Gasteiger partial charge in [-0.15, -0.1) is 0 Å². The molecule has 3 aromatic carbocycles. The predicted molar refractivity (Wildman–Crippen MR) is 127 cm³/mol. The highest BCUT2D eigenvalue weighted by Gasteiger charge is 2.26. The maximum absolute atomic E-state index is 13.5. The fourth-order valence-electron chi connectivity index (χ4n) is 4.80. The zero-order valence-electron chi connectivity index (χ0n) is 18.7. The van der Waals surface area contributed by atoms with Gasteiger partial charge in [-0.25, -0.2) is 9.37 Å². The molecule has 1 atom stereocenters. The van der Waals surface area contributed by atoms with Crippen LogP contribution in [0.1, 0.15) is 28.6 Å². The molecular formula is C27H29FN4. The van der Waals surface area contributed by atoms with E-state index in [0.717, 1.165) is 49.6 Å². The third-order valence-electron chi connectivity index (χ3n) is 6.65. The molecule has 1 fully saturated rings. The van der Waals surface area contributed by atoms with Crippen LogP contribution in [0.5, 0.6) is 0 Å². The minimum absolute atomic E-state index is 0.145. The first kappa shape index (κ1) is 20.9. The van der Waals surface area contributed by atoms with E-state index in [1.54, 1.807) is 12.1 Å². The fourth-order valence-corrected chi connectivity index (χ4v) is 4.80. The van der Waals surface area contributed by atoms with E-state index in [1.165, 1.54) is 16.6 Å². The molecule has 5 rings (SSSR count). The van der Waals surface area contributed by atoms with Gasteiger partial charge in [-0.3, -0.25) is 9.80 Å². The molecule has 0 aliphatic carbocycles. The van der Waals surface area contributed by atoms with E-state index in [2.05, 4.69) is 68.9 Å². The van der Waals surface area contributed by atoms with E-state index in [9.17, 15) is 4.39 Å². The van der Waals surface area contributed by atoms with E-state index < -0.39 is 0 Å². The minimum Gasteiger partial charge on any atom is -0.331 e. The van der Waals surface area contributed by atoms with Gasteiger partial charge in [-0.1, -0.05) is 48.5 Å². The van der Waals surface area contributed by atoms with E-state index in [0.29, 0.717) is 0 Å². The number of fused-ring (bicyclic) bond motifs is 1. The van der Waals surface area contributed by atoms with Crippen LogP contribution in [0.25, 0.3) is 11.0 Å². The van der Waals surface area contributed by atoms with E-state index in [4.69, 9.17) is 0 Å². The van der Waals surface area contributed by atoms with Crippen LogP contribution < -0.4 is 0 Å². The van der Waals surface area contributed by atoms with Crippen molar-refractivity contribution in [1.29, 1.82) is 0 Å². The van der Waals surface area contributed by atoms with E-state index >= 15 is 0 Å². The van der Waals surface area contributed by atoms with Crippen LogP contribution >= 0.6 is 0 Å². The SMILES string of the molecule is Cc1nc2cc(CN3CCN(C(c4ccccc4)c4ccc(F)cc4)CC3)ccc2n1C. The third kappa shape index (κ3) is 4.18. The number of rotatable bonds is 5. The van der Waals surface area contributed by atoms with Crippen LogP contribution in [0, 0.1) is 12.7 Å². The largest absolute Gasteiger partial charge is 0.331 e. The smallest absolute Gasteiger partial charge is 0.123 e. The minimum atomic E-state index is -0.189. The molecule has 1 aromatic heterocycles. The zero-order valence-corrected chi connectivity index (χ0v) is 18.7. The number of halogens is 1. The first-order valence-electron chi connectivity index (χ1n) is 11.3. The summed E-state index contributed by atoms with van der Waals surface area (Å²) >= 11 is 0. The van der Waals surface area contributed by atoms with Crippen molar-refractivity contribution in [1.82, 2.24) is 19.4 Å². The molecule has 1 aliphatic rings. The Kier molecular flexibility index (Phi) is 5.77. The van der Waals surface area contributed by atoms with E-state index in [1.807, 2.05) is 25.1 Å². The fraction of sp³-hybridized carbons (Fsp3) is 0.296. The summed E-state index contributed by atoms with van der Waals surface area (Å²) in [5.74, 6) is 0.851. The van der Waals surface area contributed by atoms with Gasteiger partial charge in [0.05, 0.1) is 17.1 Å². The van der Waals surface area contributed by atoms with Crippen LogP contribution in [0.2, 0.25) is 0 Å². The topological polar surface area (TPSA) is 24.3 Å². The molecule has 5 heteroatoms.